The lowest BCUT2D eigenvalue weighted by Crippen LogP contribution is -2.08. The monoisotopic (exact) mass is 300 g/mol. The fourth-order valence-corrected chi connectivity index (χ4v) is 2.75. The van der Waals surface area contributed by atoms with Gasteiger partial charge in [-0.25, -0.2) is 8.42 Å². The molecule has 0 saturated heterocycles. The second kappa shape index (κ2) is 4.96. The molecule has 0 aliphatic rings. The number of nitrogens with zero attached hydrogens (tertiary/aromatic N) is 2. The molecule has 1 aromatic heterocycles. The first-order valence-electron chi connectivity index (χ1n) is 5.46. The molecule has 5 nitrogen and oxygen atoms in total. The Labute approximate surface area is 116 Å². The Morgan fingerprint density at radius 1 is 1.42 bits per heavy atom. The number of aryl methyl sites for hydroxylation is 1. The fourth-order valence-electron chi connectivity index (χ4n) is 1.80. The number of aliphatic hydroxyl groups excluding tert-OH is 1. The van der Waals surface area contributed by atoms with Crippen molar-refractivity contribution in [1.29, 1.82) is 0 Å². The Morgan fingerprint density at radius 2 is 2.11 bits per heavy atom. The van der Waals surface area contributed by atoms with Crippen LogP contribution in [0, 0.1) is 0 Å². The fraction of sp³-hybridized carbons (Fsp3) is 0.250. The van der Waals surface area contributed by atoms with Gasteiger partial charge in [0.25, 0.3) is 0 Å². The average Bonchev–Trinajstić information content (AvgIpc) is 2.67. The molecule has 1 heterocycles. The number of hydrogen-bond acceptors (Lipinski definition) is 4. The summed E-state index contributed by atoms with van der Waals surface area (Å²) in [6.45, 7) is 0. The molecule has 2 rings (SSSR count). The van der Waals surface area contributed by atoms with Crippen LogP contribution in [0.15, 0.2) is 35.4 Å². The van der Waals surface area contributed by atoms with E-state index in [1.807, 2.05) is 0 Å². The van der Waals surface area contributed by atoms with Crippen LogP contribution in [0.25, 0.3) is 0 Å². The molecule has 19 heavy (non-hydrogen) atoms. The van der Waals surface area contributed by atoms with Crippen LogP contribution in [-0.4, -0.2) is 29.6 Å². The van der Waals surface area contributed by atoms with Crippen molar-refractivity contribution in [3.63, 3.8) is 0 Å². The van der Waals surface area contributed by atoms with Crippen LogP contribution < -0.4 is 0 Å². The Balaban J connectivity index is 2.49. The van der Waals surface area contributed by atoms with Crippen LogP contribution in [-0.2, 0) is 16.9 Å². The highest BCUT2D eigenvalue weighted by molar-refractivity contribution is 7.90. The quantitative estimate of drug-likeness (QED) is 0.933. The Morgan fingerprint density at radius 3 is 2.63 bits per heavy atom. The number of aliphatic hydroxyl groups is 1. The zero-order valence-electron chi connectivity index (χ0n) is 10.4. The topological polar surface area (TPSA) is 72.2 Å². The Kier molecular flexibility index (Phi) is 3.66. The summed E-state index contributed by atoms with van der Waals surface area (Å²) in [5, 5.41) is 14.6. The maximum atomic E-state index is 11.5. The minimum Gasteiger partial charge on any atom is -0.382 e. The molecule has 0 fully saturated rings. The summed E-state index contributed by atoms with van der Waals surface area (Å²) in [5.74, 6) is 0. The first kappa shape index (κ1) is 14.0. The number of hydrogen-bond donors (Lipinski definition) is 1. The second-order valence-electron chi connectivity index (χ2n) is 4.25. The highest BCUT2D eigenvalue weighted by Gasteiger charge is 2.19. The van der Waals surface area contributed by atoms with E-state index in [1.165, 1.54) is 23.0 Å². The molecule has 1 atom stereocenters. The third-order valence-corrected chi connectivity index (χ3v) is 4.20. The van der Waals surface area contributed by atoms with Gasteiger partial charge >= 0.3 is 0 Å². The number of aromatic nitrogens is 2. The van der Waals surface area contributed by atoms with Crippen molar-refractivity contribution in [2.75, 3.05) is 6.26 Å². The molecule has 0 saturated carbocycles. The van der Waals surface area contributed by atoms with Gasteiger partial charge < -0.3 is 5.11 Å². The second-order valence-corrected chi connectivity index (χ2v) is 6.67. The number of benzene rings is 1. The largest absolute Gasteiger partial charge is 0.382 e. The molecule has 1 aromatic carbocycles. The van der Waals surface area contributed by atoms with Crippen LogP contribution in [0.2, 0.25) is 5.02 Å². The van der Waals surface area contributed by atoms with Crippen molar-refractivity contribution < 1.29 is 13.5 Å². The molecular formula is C12H13ClN2O3S. The highest BCUT2D eigenvalue weighted by atomic mass is 35.5. The highest BCUT2D eigenvalue weighted by Crippen LogP contribution is 2.28. The van der Waals surface area contributed by atoms with Crippen LogP contribution >= 0.6 is 11.6 Å². The van der Waals surface area contributed by atoms with Crippen LogP contribution in [0.4, 0.5) is 0 Å². The average molecular weight is 301 g/mol. The molecule has 0 aliphatic heterocycles. The first-order valence-corrected chi connectivity index (χ1v) is 7.73. The normalized spacial score (nSPS) is 13.5. The van der Waals surface area contributed by atoms with Gasteiger partial charge in [0.05, 0.1) is 21.8 Å². The minimum atomic E-state index is -3.31. The van der Waals surface area contributed by atoms with Gasteiger partial charge in [-0.2, -0.15) is 5.10 Å². The number of rotatable bonds is 3. The molecule has 0 bridgehead atoms. The summed E-state index contributed by atoms with van der Waals surface area (Å²) < 4.78 is 24.5. The molecular weight excluding hydrogens is 288 g/mol. The van der Waals surface area contributed by atoms with Crippen LogP contribution in [0.1, 0.15) is 17.4 Å². The molecule has 0 aliphatic carbocycles. The van der Waals surface area contributed by atoms with E-state index in [4.69, 9.17) is 11.6 Å². The first-order chi connectivity index (χ1) is 8.80. The molecule has 7 heteroatoms. The van der Waals surface area contributed by atoms with E-state index in [-0.39, 0.29) is 4.90 Å². The maximum absolute atomic E-state index is 11.5. The number of halogens is 1. The summed E-state index contributed by atoms with van der Waals surface area (Å²) in [6.07, 6.45) is 1.53. The van der Waals surface area contributed by atoms with Crippen LogP contribution in [0.5, 0.6) is 0 Å². The van der Waals surface area contributed by atoms with Crippen LogP contribution in [0.3, 0.4) is 0 Å². The van der Waals surface area contributed by atoms with Crippen molar-refractivity contribution in [2.45, 2.75) is 11.0 Å². The summed E-state index contributed by atoms with van der Waals surface area (Å²) in [6, 6.07) is 6.14. The van der Waals surface area contributed by atoms with E-state index < -0.39 is 15.9 Å². The summed E-state index contributed by atoms with van der Waals surface area (Å²) in [7, 11) is -1.66. The smallest absolute Gasteiger partial charge is 0.175 e. The molecule has 102 valence electrons. The van der Waals surface area contributed by atoms with E-state index >= 15 is 0 Å². The van der Waals surface area contributed by atoms with Crippen molar-refractivity contribution in [3.8, 4) is 0 Å². The van der Waals surface area contributed by atoms with Gasteiger partial charge in [0, 0.05) is 13.3 Å². The lowest BCUT2D eigenvalue weighted by Gasteiger charge is -2.13. The van der Waals surface area contributed by atoms with Gasteiger partial charge in [0.15, 0.2) is 9.84 Å². The lowest BCUT2D eigenvalue weighted by molar-refractivity contribution is 0.209. The summed E-state index contributed by atoms with van der Waals surface area (Å²) in [4.78, 5) is 0.155. The lowest BCUT2D eigenvalue weighted by atomic mass is 10.1. The standard InChI is InChI=1S/C12H13ClN2O3S/c1-15-11(10(13)7-14-15)12(16)8-4-3-5-9(6-8)19(2,17)18/h3-7,12,16H,1-2H3. The molecule has 1 N–H and O–H groups in total. The van der Waals surface area contributed by atoms with Gasteiger partial charge in [-0.1, -0.05) is 23.7 Å². The van der Waals surface area contributed by atoms with E-state index in [0.29, 0.717) is 16.3 Å². The minimum absolute atomic E-state index is 0.155. The number of sulfone groups is 1. The van der Waals surface area contributed by atoms with Gasteiger partial charge in [0.1, 0.15) is 6.10 Å². The van der Waals surface area contributed by atoms with Crippen molar-refractivity contribution >= 4 is 21.4 Å². The predicted molar refractivity (Wildman–Crippen MR) is 71.8 cm³/mol. The van der Waals surface area contributed by atoms with Crippen molar-refractivity contribution in [1.82, 2.24) is 9.78 Å². The summed E-state index contributed by atoms with van der Waals surface area (Å²) in [5.41, 5.74) is 0.876. The van der Waals surface area contributed by atoms with Gasteiger partial charge in [0.2, 0.25) is 0 Å². The Bertz CT molecular complexity index is 690. The third kappa shape index (κ3) is 2.80. The maximum Gasteiger partial charge on any atom is 0.175 e. The predicted octanol–water partition coefficient (Wildman–Crippen LogP) is 1.56. The van der Waals surface area contributed by atoms with E-state index in [0.717, 1.165) is 6.26 Å². The molecule has 0 amide bonds. The van der Waals surface area contributed by atoms with Gasteiger partial charge in [-0.3, -0.25) is 4.68 Å². The molecule has 0 radical (unpaired) electrons. The SMILES string of the molecule is Cn1ncc(Cl)c1C(O)c1cccc(S(C)(=O)=O)c1. The van der Waals surface area contributed by atoms with Gasteiger partial charge in [-0.05, 0) is 17.7 Å². The third-order valence-electron chi connectivity index (χ3n) is 2.80. The summed E-state index contributed by atoms with van der Waals surface area (Å²) >= 11 is 5.96. The zero-order chi connectivity index (χ0) is 14.2. The van der Waals surface area contributed by atoms with E-state index in [1.54, 1.807) is 19.2 Å². The van der Waals surface area contributed by atoms with E-state index in [9.17, 15) is 13.5 Å². The van der Waals surface area contributed by atoms with Gasteiger partial charge in [-0.15, -0.1) is 0 Å². The molecule has 1 unspecified atom stereocenters. The van der Waals surface area contributed by atoms with Crippen molar-refractivity contribution in [2.24, 2.45) is 7.05 Å². The zero-order valence-corrected chi connectivity index (χ0v) is 12.0. The Hall–Kier alpha value is -1.37. The molecule has 2 aromatic rings. The van der Waals surface area contributed by atoms with E-state index in [2.05, 4.69) is 5.10 Å². The van der Waals surface area contributed by atoms with Crippen molar-refractivity contribution in [3.05, 3.63) is 46.7 Å². The molecule has 0 spiro atoms.